The number of anilines is 1. The van der Waals surface area contributed by atoms with Gasteiger partial charge in [0, 0.05) is 29.3 Å². The summed E-state index contributed by atoms with van der Waals surface area (Å²) in [5.74, 6) is 1.22. The van der Waals surface area contributed by atoms with Gasteiger partial charge in [-0.2, -0.15) is 0 Å². The SMILES string of the molecule is CCC(C)c1ccccc1NC(=O)CSc1nnc(-c2cccnc2)n1-c1ccccc1. The number of para-hydroxylation sites is 2. The Labute approximate surface area is 192 Å². The lowest BCUT2D eigenvalue weighted by Crippen LogP contribution is -2.16. The number of amides is 1. The Balaban J connectivity index is 1.56. The fourth-order valence-electron chi connectivity index (χ4n) is 3.43. The first-order valence-corrected chi connectivity index (χ1v) is 11.6. The van der Waals surface area contributed by atoms with Gasteiger partial charge in [0.05, 0.1) is 5.75 Å². The number of hydrogen-bond acceptors (Lipinski definition) is 5. The predicted octanol–water partition coefficient (Wildman–Crippen LogP) is 5.57. The lowest BCUT2D eigenvalue weighted by molar-refractivity contribution is -0.113. The summed E-state index contributed by atoms with van der Waals surface area (Å²) >= 11 is 1.36. The van der Waals surface area contributed by atoms with Crippen LogP contribution in [0.1, 0.15) is 31.7 Å². The molecule has 162 valence electrons. The smallest absolute Gasteiger partial charge is 0.234 e. The molecule has 6 nitrogen and oxygen atoms in total. The normalized spacial score (nSPS) is 11.8. The van der Waals surface area contributed by atoms with Gasteiger partial charge in [0.2, 0.25) is 5.91 Å². The van der Waals surface area contributed by atoms with Crippen LogP contribution in [0.2, 0.25) is 0 Å². The monoisotopic (exact) mass is 443 g/mol. The summed E-state index contributed by atoms with van der Waals surface area (Å²) in [7, 11) is 0. The molecule has 1 unspecified atom stereocenters. The maximum atomic E-state index is 12.8. The van der Waals surface area contributed by atoms with E-state index < -0.39 is 0 Å². The lowest BCUT2D eigenvalue weighted by Gasteiger charge is -2.15. The van der Waals surface area contributed by atoms with Crippen molar-refractivity contribution in [3.63, 3.8) is 0 Å². The summed E-state index contributed by atoms with van der Waals surface area (Å²) in [5, 5.41) is 12.5. The first kappa shape index (κ1) is 21.8. The van der Waals surface area contributed by atoms with Crippen LogP contribution in [0.3, 0.4) is 0 Å². The van der Waals surface area contributed by atoms with E-state index in [4.69, 9.17) is 0 Å². The van der Waals surface area contributed by atoms with E-state index in [0.717, 1.165) is 28.9 Å². The first-order chi connectivity index (χ1) is 15.7. The molecule has 1 N–H and O–H groups in total. The van der Waals surface area contributed by atoms with Crippen LogP contribution >= 0.6 is 11.8 Å². The molecule has 1 amide bonds. The molecule has 0 aliphatic heterocycles. The molecule has 2 heterocycles. The van der Waals surface area contributed by atoms with Gasteiger partial charge in [-0.25, -0.2) is 0 Å². The average molecular weight is 444 g/mol. The number of nitrogens with one attached hydrogen (secondary N) is 1. The molecular weight excluding hydrogens is 418 g/mol. The van der Waals surface area contributed by atoms with Crippen molar-refractivity contribution >= 4 is 23.4 Å². The van der Waals surface area contributed by atoms with Crippen LogP contribution in [-0.4, -0.2) is 31.4 Å². The van der Waals surface area contributed by atoms with Gasteiger partial charge >= 0.3 is 0 Å². The van der Waals surface area contributed by atoms with Crippen LogP contribution in [0.15, 0.2) is 84.3 Å². The van der Waals surface area contributed by atoms with Gasteiger partial charge in [-0.1, -0.05) is 62.0 Å². The van der Waals surface area contributed by atoms with Gasteiger partial charge < -0.3 is 5.32 Å². The summed E-state index contributed by atoms with van der Waals surface area (Å²) in [4.78, 5) is 17.0. The number of carbonyl (C=O) groups excluding carboxylic acids is 1. The highest BCUT2D eigenvalue weighted by molar-refractivity contribution is 7.99. The predicted molar refractivity (Wildman–Crippen MR) is 129 cm³/mol. The van der Waals surface area contributed by atoms with Crippen LogP contribution in [0.25, 0.3) is 17.1 Å². The first-order valence-electron chi connectivity index (χ1n) is 10.6. The van der Waals surface area contributed by atoms with E-state index in [-0.39, 0.29) is 11.7 Å². The van der Waals surface area contributed by atoms with E-state index in [2.05, 4.69) is 40.4 Å². The molecule has 0 aliphatic carbocycles. The van der Waals surface area contributed by atoms with E-state index in [1.165, 1.54) is 11.8 Å². The van der Waals surface area contributed by atoms with E-state index in [9.17, 15) is 4.79 Å². The van der Waals surface area contributed by atoms with Crippen LogP contribution in [-0.2, 0) is 4.79 Å². The molecule has 4 rings (SSSR count). The number of hydrogen-bond donors (Lipinski definition) is 1. The quantitative estimate of drug-likeness (QED) is 0.360. The number of benzene rings is 2. The van der Waals surface area contributed by atoms with Gasteiger partial charge in [0.15, 0.2) is 11.0 Å². The maximum absolute atomic E-state index is 12.8. The molecule has 0 radical (unpaired) electrons. The number of rotatable bonds is 8. The second kappa shape index (κ2) is 10.2. The minimum absolute atomic E-state index is 0.0729. The third kappa shape index (κ3) is 4.89. The molecule has 0 spiro atoms. The number of thioether (sulfide) groups is 1. The minimum atomic E-state index is -0.0729. The molecule has 2 aromatic carbocycles. The fraction of sp³-hybridized carbons (Fsp3) is 0.200. The van der Waals surface area contributed by atoms with E-state index in [1.807, 2.05) is 65.2 Å². The van der Waals surface area contributed by atoms with Crippen LogP contribution < -0.4 is 5.32 Å². The molecule has 32 heavy (non-hydrogen) atoms. The van der Waals surface area contributed by atoms with Crippen LogP contribution in [0, 0.1) is 0 Å². The number of pyridine rings is 1. The van der Waals surface area contributed by atoms with Gasteiger partial charge in [-0.3, -0.25) is 14.3 Å². The number of nitrogens with zero attached hydrogens (tertiary/aromatic N) is 4. The highest BCUT2D eigenvalue weighted by Gasteiger charge is 2.18. The molecule has 4 aromatic rings. The summed E-state index contributed by atoms with van der Waals surface area (Å²) in [5.41, 5.74) is 3.82. The maximum Gasteiger partial charge on any atom is 0.234 e. The number of aromatic nitrogens is 4. The number of carbonyl (C=O) groups is 1. The molecule has 0 saturated carbocycles. The second-order valence-corrected chi connectivity index (χ2v) is 8.39. The van der Waals surface area contributed by atoms with Crippen molar-refractivity contribution in [1.82, 2.24) is 19.7 Å². The van der Waals surface area contributed by atoms with Crippen molar-refractivity contribution in [2.24, 2.45) is 0 Å². The van der Waals surface area contributed by atoms with Gasteiger partial charge in [0.1, 0.15) is 0 Å². The zero-order chi connectivity index (χ0) is 22.3. The lowest BCUT2D eigenvalue weighted by atomic mass is 9.97. The Morgan fingerprint density at radius 3 is 2.56 bits per heavy atom. The molecule has 2 aromatic heterocycles. The zero-order valence-corrected chi connectivity index (χ0v) is 18.9. The standard InChI is InChI=1S/C25H25N5OS/c1-3-18(2)21-13-7-8-14-22(21)27-23(31)17-32-25-29-28-24(19-10-9-15-26-16-19)30(25)20-11-5-4-6-12-20/h4-16,18H,3,17H2,1-2H3,(H,27,31). The van der Waals surface area contributed by atoms with Crippen molar-refractivity contribution < 1.29 is 4.79 Å². The molecule has 0 bridgehead atoms. The van der Waals surface area contributed by atoms with Gasteiger partial charge in [-0.05, 0) is 48.2 Å². The van der Waals surface area contributed by atoms with Crippen molar-refractivity contribution in [2.75, 3.05) is 11.1 Å². The third-order valence-corrected chi connectivity index (χ3v) is 6.21. The Morgan fingerprint density at radius 2 is 1.81 bits per heavy atom. The highest BCUT2D eigenvalue weighted by atomic mass is 32.2. The van der Waals surface area contributed by atoms with Crippen molar-refractivity contribution in [3.8, 4) is 17.1 Å². The average Bonchev–Trinajstić information content (AvgIpc) is 3.28. The molecule has 0 fully saturated rings. The molecule has 1 atom stereocenters. The topological polar surface area (TPSA) is 72.7 Å². The summed E-state index contributed by atoms with van der Waals surface area (Å²) in [6.45, 7) is 4.32. The van der Waals surface area contributed by atoms with Crippen molar-refractivity contribution in [3.05, 3.63) is 84.7 Å². The molecule has 0 aliphatic rings. The Kier molecular flexibility index (Phi) is 6.97. The Morgan fingerprint density at radius 1 is 1.03 bits per heavy atom. The van der Waals surface area contributed by atoms with Crippen LogP contribution in [0.4, 0.5) is 5.69 Å². The highest BCUT2D eigenvalue weighted by Crippen LogP contribution is 2.29. The minimum Gasteiger partial charge on any atom is -0.325 e. The molecular formula is C25H25N5OS. The Hall–Kier alpha value is -3.45. The third-order valence-electron chi connectivity index (χ3n) is 5.28. The van der Waals surface area contributed by atoms with E-state index >= 15 is 0 Å². The van der Waals surface area contributed by atoms with Crippen LogP contribution in [0.5, 0.6) is 0 Å². The molecule has 7 heteroatoms. The van der Waals surface area contributed by atoms with E-state index in [0.29, 0.717) is 16.9 Å². The van der Waals surface area contributed by atoms with Gasteiger partial charge in [0.25, 0.3) is 0 Å². The Bertz CT molecular complexity index is 1180. The zero-order valence-electron chi connectivity index (χ0n) is 18.1. The van der Waals surface area contributed by atoms with Gasteiger partial charge in [-0.15, -0.1) is 10.2 Å². The molecule has 0 saturated heterocycles. The fourth-order valence-corrected chi connectivity index (χ4v) is 4.18. The summed E-state index contributed by atoms with van der Waals surface area (Å²) in [6, 6.07) is 21.7. The van der Waals surface area contributed by atoms with Crippen molar-refractivity contribution in [2.45, 2.75) is 31.3 Å². The van der Waals surface area contributed by atoms with Crippen molar-refractivity contribution in [1.29, 1.82) is 0 Å². The van der Waals surface area contributed by atoms with E-state index in [1.54, 1.807) is 12.4 Å². The summed E-state index contributed by atoms with van der Waals surface area (Å²) in [6.07, 6.45) is 4.50. The largest absolute Gasteiger partial charge is 0.325 e. The summed E-state index contributed by atoms with van der Waals surface area (Å²) < 4.78 is 1.96. The second-order valence-electron chi connectivity index (χ2n) is 7.45.